The van der Waals surface area contributed by atoms with Crippen molar-refractivity contribution >= 4 is 38.6 Å². The van der Waals surface area contributed by atoms with Gasteiger partial charge < -0.3 is 4.90 Å². The van der Waals surface area contributed by atoms with Crippen molar-refractivity contribution in [2.24, 2.45) is 0 Å². The summed E-state index contributed by atoms with van der Waals surface area (Å²) in [6.07, 6.45) is 0. The van der Waals surface area contributed by atoms with Crippen molar-refractivity contribution in [3.8, 4) is 55.6 Å². The Morgan fingerprint density at radius 1 is 0.300 bits per heavy atom. The monoisotopic (exact) mass is 765 g/mol. The van der Waals surface area contributed by atoms with Gasteiger partial charge in [-0.1, -0.05) is 208 Å². The molecule has 10 aromatic rings. The fourth-order valence-corrected chi connectivity index (χ4v) is 9.69. The molecule has 0 aliphatic heterocycles. The Labute approximate surface area is 352 Å². The molecule has 0 saturated carbocycles. The first kappa shape index (κ1) is 35.7. The van der Waals surface area contributed by atoms with Crippen molar-refractivity contribution in [3.05, 3.63) is 236 Å². The summed E-state index contributed by atoms with van der Waals surface area (Å²) < 4.78 is 0. The normalized spacial score (nSPS) is 12.6. The second kappa shape index (κ2) is 14.4. The van der Waals surface area contributed by atoms with Crippen molar-refractivity contribution in [2.45, 2.75) is 19.3 Å². The van der Waals surface area contributed by atoms with Crippen molar-refractivity contribution in [2.75, 3.05) is 4.90 Å². The number of hydrogen-bond donors (Lipinski definition) is 0. The first-order valence-corrected chi connectivity index (χ1v) is 20.9. The average molecular weight is 766 g/mol. The highest BCUT2D eigenvalue weighted by atomic mass is 15.1. The fourth-order valence-electron chi connectivity index (χ4n) is 9.69. The summed E-state index contributed by atoms with van der Waals surface area (Å²) in [4.78, 5) is 2.43. The Hall–Kier alpha value is -7.48. The molecule has 10 aromatic carbocycles. The molecule has 0 unspecified atom stereocenters. The van der Waals surface area contributed by atoms with E-state index in [4.69, 9.17) is 0 Å². The van der Waals surface area contributed by atoms with Crippen molar-refractivity contribution in [3.63, 3.8) is 0 Å². The highest BCUT2D eigenvalue weighted by molar-refractivity contribution is 6.08. The first-order chi connectivity index (χ1) is 29.5. The minimum atomic E-state index is -0.0667. The second-order valence-corrected chi connectivity index (χ2v) is 16.5. The van der Waals surface area contributed by atoms with Gasteiger partial charge in [-0.25, -0.2) is 0 Å². The molecular weight excluding hydrogens is 723 g/mol. The van der Waals surface area contributed by atoms with Crippen LogP contribution in [0.1, 0.15) is 25.0 Å². The van der Waals surface area contributed by atoms with Gasteiger partial charge in [0, 0.05) is 22.2 Å². The standard InChI is InChI=1S/C59H43N/c1-59(2)55-25-9-8-19-54(55)58-53(24-12-26-56(58)59)51-21-11-23-52-50(51)22-13-27-57(52)60(47-38-34-45(35-39-47)49-20-10-17-44-16-6-7-18-48(44)49)46-36-32-43(33-37-46)42-30-28-41(29-31-42)40-14-4-3-5-15-40/h3-39H,1-2H3. The maximum Gasteiger partial charge on any atom is 0.0540 e. The molecule has 1 heteroatoms. The number of fused-ring (bicyclic) bond motifs is 5. The molecule has 0 radical (unpaired) electrons. The highest BCUT2D eigenvalue weighted by Crippen LogP contribution is 2.53. The van der Waals surface area contributed by atoms with Gasteiger partial charge in [-0.3, -0.25) is 0 Å². The zero-order valence-electron chi connectivity index (χ0n) is 33.8. The summed E-state index contributed by atoms with van der Waals surface area (Å²) >= 11 is 0. The lowest BCUT2D eigenvalue weighted by Gasteiger charge is -2.28. The van der Waals surface area contributed by atoms with Crippen molar-refractivity contribution in [1.82, 2.24) is 0 Å². The predicted octanol–water partition coefficient (Wildman–Crippen LogP) is 16.4. The van der Waals surface area contributed by atoms with Gasteiger partial charge >= 0.3 is 0 Å². The zero-order chi connectivity index (χ0) is 40.2. The molecule has 60 heavy (non-hydrogen) atoms. The zero-order valence-corrected chi connectivity index (χ0v) is 33.8. The Morgan fingerprint density at radius 2 is 0.767 bits per heavy atom. The molecule has 1 aliphatic carbocycles. The quantitative estimate of drug-likeness (QED) is 0.156. The van der Waals surface area contributed by atoms with E-state index in [0.29, 0.717) is 0 Å². The summed E-state index contributed by atoms with van der Waals surface area (Å²) in [5.74, 6) is 0. The fraction of sp³-hybridized carbons (Fsp3) is 0.0508. The van der Waals surface area contributed by atoms with Gasteiger partial charge in [-0.15, -0.1) is 0 Å². The molecule has 11 rings (SSSR count). The molecular formula is C59H43N. The molecule has 0 heterocycles. The van der Waals surface area contributed by atoms with E-state index >= 15 is 0 Å². The summed E-state index contributed by atoms with van der Waals surface area (Å²) in [7, 11) is 0. The van der Waals surface area contributed by atoms with Crippen LogP contribution in [0, 0.1) is 0 Å². The van der Waals surface area contributed by atoms with Crippen LogP contribution in [0.2, 0.25) is 0 Å². The lowest BCUT2D eigenvalue weighted by Crippen LogP contribution is -2.14. The minimum Gasteiger partial charge on any atom is -0.310 e. The lowest BCUT2D eigenvalue weighted by atomic mass is 9.82. The van der Waals surface area contributed by atoms with Crippen LogP contribution in [0.4, 0.5) is 17.1 Å². The third-order valence-electron chi connectivity index (χ3n) is 12.7. The number of anilines is 3. The number of hydrogen-bond acceptors (Lipinski definition) is 1. The molecule has 1 nitrogen and oxygen atoms in total. The summed E-state index contributed by atoms with van der Waals surface area (Å²) in [6.45, 7) is 4.72. The van der Waals surface area contributed by atoms with Gasteiger partial charge in [0.15, 0.2) is 0 Å². The molecule has 0 N–H and O–H groups in total. The minimum absolute atomic E-state index is 0.0667. The molecule has 0 saturated heterocycles. The third-order valence-corrected chi connectivity index (χ3v) is 12.7. The number of rotatable bonds is 7. The molecule has 0 amide bonds. The van der Waals surface area contributed by atoms with E-state index < -0.39 is 0 Å². The summed E-state index contributed by atoms with van der Waals surface area (Å²) in [6, 6.07) is 82.3. The van der Waals surface area contributed by atoms with Crippen LogP contribution in [0.25, 0.3) is 77.2 Å². The van der Waals surface area contributed by atoms with E-state index in [1.807, 2.05) is 0 Å². The molecule has 0 aromatic heterocycles. The van der Waals surface area contributed by atoms with E-state index in [9.17, 15) is 0 Å². The topological polar surface area (TPSA) is 3.24 Å². The van der Waals surface area contributed by atoms with Gasteiger partial charge in [0.05, 0.1) is 5.69 Å². The Kier molecular flexibility index (Phi) is 8.57. The molecule has 0 fully saturated rings. The van der Waals surface area contributed by atoms with Gasteiger partial charge in [-0.05, 0) is 113 Å². The summed E-state index contributed by atoms with van der Waals surface area (Å²) in [5.41, 5.74) is 18.5. The average Bonchev–Trinajstić information content (AvgIpc) is 3.55. The second-order valence-electron chi connectivity index (χ2n) is 16.5. The van der Waals surface area contributed by atoms with Crippen molar-refractivity contribution < 1.29 is 0 Å². The summed E-state index contributed by atoms with van der Waals surface area (Å²) in [5, 5.41) is 4.95. The molecule has 284 valence electrons. The van der Waals surface area contributed by atoms with Gasteiger partial charge in [0.1, 0.15) is 0 Å². The smallest absolute Gasteiger partial charge is 0.0540 e. The van der Waals surface area contributed by atoms with Crippen LogP contribution < -0.4 is 4.90 Å². The molecule has 1 aliphatic rings. The third kappa shape index (κ3) is 5.93. The lowest BCUT2D eigenvalue weighted by molar-refractivity contribution is 0.660. The molecule has 0 bridgehead atoms. The van der Waals surface area contributed by atoms with Crippen LogP contribution in [-0.2, 0) is 5.41 Å². The van der Waals surface area contributed by atoms with Crippen molar-refractivity contribution in [1.29, 1.82) is 0 Å². The highest BCUT2D eigenvalue weighted by Gasteiger charge is 2.36. The Balaban J connectivity index is 1.04. The predicted molar refractivity (Wildman–Crippen MR) is 255 cm³/mol. The van der Waals surface area contributed by atoms with Gasteiger partial charge in [0.25, 0.3) is 0 Å². The van der Waals surface area contributed by atoms with Gasteiger partial charge in [0.2, 0.25) is 0 Å². The van der Waals surface area contributed by atoms with Gasteiger partial charge in [-0.2, -0.15) is 0 Å². The maximum absolute atomic E-state index is 2.43. The van der Waals surface area contributed by atoms with E-state index in [0.717, 1.165) is 17.1 Å². The van der Waals surface area contributed by atoms with Crippen LogP contribution in [0.15, 0.2) is 224 Å². The van der Waals surface area contributed by atoms with E-state index in [1.54, 1.807) is 0 Å². The van der Waals surface area contributed by atoms with E-state index in [1.165, 1.54) is 88.3 Å². The molecule has 0 atom stereocenters. The number of nitrogens with zero attached hydrogens (tertiary/aromatic N) is 1. The maximum atomic E-state index is 2.43. The van der Waals surface area contributed by atoms with E-state index in [-0.39, 0.29) is 5.41 Å². The molecule has 0 spiro atoms. The Bertz CT molecular complexity index is 3190. The largest absolute Gasteiger partial charge is 0.310 e. The van der Waals surface area contributed by atoms with E-state index in [2.05, 4.69) is 243 Å². The Morgan fingerprint density at radius 3 is 1.52 bits per heavy atom. The SMILES string of the molecule is CC1(C)c2ccccc2-c2c(-c3cccc4c(N(c5ccc(-c6ccc(-c7ccccc7)cc6)cc5)c5ccc(-c6cccc7ccccc67)cc5)cccc34)cccc21. The van der Waals surface area contributed by atoms with Crippen LogP contribution in [0.5, 0.6) is 0 Å². The van der Waals surface area contributed by atoms with Crippen LogP contribution in [-0.4, -0.2) is 0 Å². The van der Waals surface area contributed by atoms with Crippen LogP contribution in [0.3, 0.4) is 0 Å². The van der Waals surface area contributed by atoms with Crippen LogP contribution >= 0.6 is 0 Å². The first-order valence-electron chi connectivity index (χ1n) is 20.9. The number of benzene rings is 10.